The Kier molecular flexibility index (Phi) is 5.07. The maximum Gasteiger partial charge on any atom is 0.306 e. The molecule has 0 aromatic heterocycles. The van der Waals surface area contributed by atoms with E-state index in [1.807, 2.05) is 0 Å². The lowest BCUT2D eigenvalue weighted by Gasteiger charge is -2.16. The van der Waals surface area contributed by atoms with Gasteiger partial charge in [-0.05, 0) is 24.0 Å². The Morgan fingerprint density at radius 1 is 1.33 bits per heavy atom. The molecule has 0 bridgehead atoms. The first kappa shape index (κ1) is 14.4. The van der Waals surface area contributed by atoms with Gasteiger partial charge in [-0.25, -0.2) is 8.78 Å². The van der Waals surface area contributed by atoms with Crippen LogP contribution in [0.5, 0.6) is 5.75 Å². The van der Waals surface area contributed by atoms with E-state index in [1.165, 1.54) is 14.2 Å². The Hall–Kier alpha value is -1.65. The zero-order valence-corrected chi connectivity index (χ0v) is 10.6. The second kappa shape index (κ2) is 6.33. The van der Waals surface area contributed by atoms with E-state index >= 15 is 0 Å². The van der Waals surface area contributed by atoms with Crippen molar-refractivity contribution < 1.29 is 23.0 Å². The lowest BCUT2D eigenvalue weighted by molar-refractivity contribution is -0.141. The molecule has 0 aliphatic rings. The van der Waals surface area contributed by atoms with Gasteiger partial charge in [-0.3, -0.25) is 4.79 Å². The van der Waals surface area contributed by atoms with Crippen molar-refractivity contribution in [2.75, 3.05) is 14.2 Å². The highest BCUT2D eigenvalue weighted by Crippen LogP contribution is 2.31. The number of hydrogen-bond donors (Lipinski definition) is 0. The van der Waals surface area contributed by atoms with E-state index in [2.05, 4.69) is 4.74 Å². The van der Waals surface area contributed by atoms with Crippen LogP contribution in [0.15, 0.2) is 12.1 Å². The topological polar surface area (TPSA) is 35.5 Å². The number of hydrogen-bond acceptors (Lipinski definition) is 3. The van der Waals surface area contributed by atoms with Crippen molar-refractivity contribution in [3.05, 3.63) is 29.3 Å². The molecule has 0 amide bonds. The van der Waals surface area contributed by atoms with Gasteiger partial charge >= 0.3 is 5.97 Å². The third-order valence-electron chi connectivity index (χ3n) is 2.83. The van der Waals surface area contributed by atoms with Gasteiger partial charge in [0.05, 0.1) is 20.6 Å². The molecule has 1 atom stereocenters. The fourth-order valence-electron chi connectivity index (χ4n) is 1.79. The zero-order chi connectivity index (χ0) is 13.7. The summed E-state index contributed by atoms with van der Waals surface area (Å²) in [5.74, 6) is -2.26. The minimum atomic E-state index is -0.630. The van der Waals surface area contributed by atoms with Crippen molar-refractivity contribution >= 4 is 5.97 Å². The lowest BCUT2D eigenvalue weighted by Crippen LogP contribution is -2.10. The van der Waals surface area contributed by atoms with Gasteiger partial charge in [-0.2, -0.15) is 0 Å². The normalized spacial score (nSPS) is 12.1. The summed E-state index contributed by atoms with van der Waals surface area (Å²) in [6.45, 7) is 1.80. The summed E-state index contributed by atoms with van der Waals surface area (Å²) in [7, 11) is 2.53. The van der Waals surface area contributed by atoms with Gasteiger partial charge < -0.3 is 9.47 Å². The number of esters is 1. The van der Waals surface area contributed by atoms with Gasteiger partial charge in [0.25, 0.3) is 0 Å². The fraction of sp³-hybridized carbons (Fsp3) is 0.462. The van der Waals surface area contributed by atoms with Crippen LogP contribution in [0.4, 0.5) is 8.78 Å². The predicted molar refractivity (Wildman–Crippen MR) is 62.6 cm³/mol. The number of halogens is 2. The second-order valence-electron chi connectivity index (χ2n) is 3.90. The SMILES string of the molecule is CCC(CC(=O)OC)c1cc(F)cc(OC)c1F. The molecule has 1 unspecified atom stereocenters. The molecular weight excluding hydrogens is 242 g/mol. The molecule has 5 heteroatoms. The number of benzene rings is 1. The van der Waals surface area contributed by atoms with Gasteiger partial charge in [0.2, 0.25) is 0 Å². The van der Waals surface area contributed by atoms with Crippen LogP contribution in [-0.2, 0) is 9.53 Å². The van der Waals surface area contributed by atoms with Crippen LogP contribution in [0.25, 0.3) is 0 Å². The van der Waals surface area contributed by atoms with Crippen LogP contribution in [0.3, 0.4) is 0 Å². The molecule has 0 saturated carbocycles. The van der Waals surface area contributed by atoms with Crippen molar-refractivity contribution in [2.24, 2.45) is 0 Å². The summed E-state index contributed by atoms with van der Waals surface area (Å²) < 4.78 is 36.7. The summed E-state index contributed by atoms with van der Waals surface area (Å²) >= 11 is 0. The number of carbonyl (C=O) groups excluding carboxylic acids is 1. The highest BCUT2D eigenvalue weighted by Gasteiger charge is 2.21. The molecule has 0 radical (unpaired) electrons. The van der Waals surface area contributed by atoms with Gasteiger partial charge in [0, 0.05) is 6.07 Å². The van der Waals surface area contributed by atoms with Crippen molar-refractivity contribution in [1.29, 1.82) is 0 Å². The highest BCUT2D eigenvalue weighted by atomic mass is 19.1. The Morgan fingerprint density at radius 2 is 2.00 bits per heavy atom. The van der Waals surface area contributed by atoms with Gasteiger partial charge in [0.15, 0.2) is 11.6 Å². The summed E-state index contributed by atoms with van der Waals surface area (Å²) in [5.41, 5.74) is 0.139. The highest BCUT2D eigenvalue weighted by molar-refractivity contribution is 5.70. The molecule has 1 aromatic carbocycles. The zero-order valence-electron chi connectivity index (χ0n) is 10.6. The molecule has 3 nitrogen and oxygen atoms in total. The maximum atomic E-state index is 14.0. The lowest BCUT2D eigenvalue weighted by atomic mass is 9.92. The van der Waals surface area contributed by atoms with E-state index < -0.39 is 23.5 Å². The molecule has 0 spiro atoms. The number of ether oxygens (including phenoxy) is 2. The molecule has 1 aromatic rings. The van der Waals surface area contributed by atoms with Gasteiger partial charge in [-0.15, -0.1) is 0 Å². The molecule has 1 rings (SSSR count). The van der Waals surface area contributed by atoms with E-state index in [0.717, 1.165) is 12.1 Å². The summed E-state index contributed by atoms with van der Waals surface area (Å²) in [5, 5.41) is 0. The Bertz CT molecular complexity index is 432. The third-order valence-corrected chi connectivity index (χ3v) is 2.83. The van der Waals surface area contributed by atoms with Crippen LogP contribution in [0.1, 0.15) is 31.2 Å². The summed E-state index contributed by atoms with van der Waals surface area (Å²) in [6, 6.07) is 2.07. The van der Waals surface area contributed by atoms with Crippen molar-refractivity contribution in [3.63, 3.8) is 0 Å². The minimum Gasteiger partial charge on any atom is -0.494 e. The first-order valence-electron chi connectivity index (χ1n) is 5.63. The molecule has 0 fully saturated rings. The largest absolute Gasteiger partial charge is 0.494 e. The van der Waals surface area contributed by atoms with Crippen LogP contribution in [0, 0.1) is 11.6 Å². The minimum absolute atomic E-state index is 0.0104. The standard InChI is InChI=1S/C13H16F2O3/c1-4-8(5-12(16)18-3)10-6-9(14)7-11(17-2)13(10)15/h6-8H,4-5H2,1-3H3. The average Bonchev–Trinajstić information content (AvgIpc) is 2.38. The molecule has 0 heterocycles. The number of carbonyl (C=O) groups is 1. The number of rotatable bonds is 5. The van der Waals surface area contributed by atoms with Crippen LogP contribution in [0.2, 0.25) is 0 Å². The summed E-state index contributed by atoms with van der Waals surface area (Å²) in [4.78, 5) is 11.2. The molecule has 0 aliphatic carbocycles. The van der Waals surface area contributed by atoms with E-state index in [-0.39, 0.29) is 17.7 Å². The molecular formula is C13H16F2O3. The van der Waals surface area contributed by atoms with Crippen LogP contribution >= 0.6 is 0 Å². The fourth-order valence-corrected chi connectivity index (χ4v) is 1.79. The first-order chi connectivity index (χ1) is 8.53. The smallest absolute Gasteiger partial charge is 0.306 e. The molecule has 18 heavy (non-hydrogen) atoms. The second-order valence-corrected chi connectivity index (χ2v) is 3.90. The Morgan fingerprint density at radius 3 is 2.50 bits per heavy atom. The van der Waals surface area contributed by atoms with E-state index in [4.69, 9.17) is 4.74 Å². The van der Waals surface area contributed by atoms with Crippen molar-refractivity contribution in [2.45, 2.75) is 25.7 Å². The van der Waals surface area contributed by atoms with Crippen molar-refractivity contribution in [3.8, 4) is 5.75 Å². The number of methoxy groups -OCH3 is 2. The third kappa shape index (κ3) is 3.18. The maximum absolute atomic E-state index is 14.0. The molecule has 0 N–H and O–H groups in total. The van der Waals surface area contributed by atoms with Gasteiger partial charge in [0.1, 0.15) is 5.82 Å². The first-order valence-corrected chi connectivity index (χ1v) is 5.63. The quantitative estimate of drug-likeness (QED) is 0.761. The Labute approximate surface area is 105 Å². The Balaban J connectivity index is 3.12. The van der Waals surface area contributed by atoms with Crippen LogP contribution < -0.4 is 4.74 Å². The van der Waals surface area contributed by atoms with E-state index in [9.17, 15) is 13.6 Å². The summed E-state index contributed by atoms with van der Waals surface area (Å²) in [6.07, 6.45) is 0.509. The molecule has 0 aliphatic heterocycles. The molecule has 0 saturated heterocycles. The van der Waals surface area contributed by atoms with Crippen molar-refractivity contribution in [1.82, 2.24) is 0 Å². The average molecular weight is 258 g/mol. The van der Waals surface area contributed by atoms with Crippen LogP contribution in [-0.4, -0.2) is 20.2 Å². The van der Waals surface area contributed by atoms with E-state index in [0.29, 0.717) is 6.42 Å². The molecule has 100 valence electrons. The predicted octanol–water partition coefficient (Wildman–Crippen LogP) is 3.03. The van der Waals surface area contributed by atoms with Gasteiger partial charge in [-0.1, -0.05) is 6.92 Å². The monoisotopic (exact) mass is 258 g/mol. The van der Waals surface area contributed by atoms with E-state index in [1.54, 1.807) is 6.92 Å².